The van der Waals surface area contributed by atoms with E-state index >= 15 is 0 Å². The Morgan fingerprint density at radius 1 is 1.14 bits per heavy atom. The van der Waals surface area contributed by atoms with Crippen LogP contribution in [0.15, 0.2) is 41.3 Å². The largest absolute Gasteiger partial charge is 0.372 e. The normalized spacial score (nSPS) is 19.4. The van der Waals surface area contributed by atoms with Crippen LogP contribution in [0.1, 0.15) is 6.92 Å². The van der Waals surface area contributed by atoms with Crippen LogP contribution in [-0.4, -0.2) is 5.37 Å². The van der Waals surface area contributed by atoms with Gasteiger partial charge < -0.3 is 5.32 Å². The summed E-state index contributed by atoms with van der Waals surface area (Å²) in [5, 5.41) is 6.64. The highest BCUT2D eigenvalue weighted by Gasteiger charge is 2.18. The first-order chi connectivity index (χ1) is 6.84. The van der Waals surface area contributed by atoms with E-state index in [1.807, 2.05) is 11.8 Å². The van der Waals surface area contributed by atoms with Gasteiger partial charge in [-0.05, 0) is 23.8 Å². The van der Waals surface area contributed by atoms with Crippen molar-refractivity contribution in [2.75, 3.05) is 5.32 Å². The number of nitrogens with one attached hydrogen (secondary N) is 1. The third kappa shape index (κ3) is 1.11. The molecule has 1 N–H and O–H groups in total. The molecule has 0 aliphatic carbocycles. The van der Waals surface area contributed by atoms with E-state index < -0.39 is 0 Å². The lowest BCUT2D eigenvalue weighted by Gasteiger charge is -2.02. The Bertz CT molecular complexity index is 493. The number of rotatable bonds is 0. The molecule has 0 amide bonds. The fourth-order valence-electron chi connectivity index (χ4n) is 1.91. The molecule has 70 valence electrons. The molecule has 0 saturated carbocycles. The Morgan fingerprint density at radius 2 is 2.00 bits per heavy atom. The van der Waals surface area contributed by atoms with Gasteiger partial charge in [0.15, 0.2) is 0 Å². The van der Waals surface area contributed by atoms with Gasteiger partial charge in [0.2, 0.25) is 0 Å². The molecule has 1 unspecified atom stereocenters. The van der Waals surface area contributed by atoms with E-state index in [0.717, 1.165) is 0 Å². The summed E-state index contributed by atoms with van der Waals surface area (Å²) in [6.45, 7) is 2.19. The van der Waals surface area contributed by atoms with Gasteiger partial charge in [-0.2, -0.15) is 0 Å². The first-order valence-corrected chi connectivity index (χ1v) is 5.67. The number of thioether (sulfide) groups is 1. The predicted molar refractivity (Wildman–Crippen MR) is 62.9 cm³/mol. The van der Waals surface area contributed by atoms with E-state index in [0.29, 0.717) is 5.37 Å². The lowest BCUT2D eigenvalue weighted by Crippen LogP contribution is -2.02. The molecule has 1 aliphatic heterocycles. The zero-order valence-corrected chi connectivity index (χ0v) is 8.77. The van der Waals surface area contributed by atoms with Crippen LogP contribution in [0.3, 0.4) is 0 Å². The van der Waals surface area contributed by atoms with E-state index in [9.17, 15) is 0 Å². The van der Waals surface area contributed by atoms with Crippen LogP contribution in [0, 0.1) is 0 Å². The molecule has 0 spiro atoms. The van der Waals surface area contributed by atoms with E-state index in [2.05, 4.69) is 48.6 Å². The number of fused-ring (bicyclic) bond motifs is 3. The summed E-state index contributed by atoms with van der Waals surface area (Å²) in [4.78, 5) is 1.40. The summed E-state index contributed by atoms with van der Waals surface area (Å²) in [5.74, 6) is 0. The second-order valence-electron chi connectivity index (χ2n) is 3.57. The maximum Gasteiger partial charge on any atom is 0.0741 e. The van der Waals surface area contributed by atoms with Crippen molar-refractivity contribution in [3.8, 4) is 0 Å². The SMILES string of the molecule is CC1Nc2ccc3ccccc3c2S1. The molecule has 1 aliphatic rings. The van der Waals surface area contributed by atoms with E-state index in [-0.39, 0.29) is 0 Å². The fraction of sp³-hybridized carbons (Fsp3) is 0.167. The van der Waals surface area contributed by atoms with E-state index in [4.69, 9.17) is 0 Å². The maximum atomic E-state index is 3.45. The summed E-state index contributed by atoms with van der Waals surface area (Å²) >= 11 is 1.91. The molecule has 3 rings (SSSR count). The van der Waals surface area contributed by atoms with Crippen LogP contribution in [0.2, 0.25) is 0 Å². The molecule has 2 aromatic rings. The number of anilines is 1. The Kier molecular flexibility index (Phi) is 1.71. The van der Waals surface area contributed by atoms with Crippen molar-refractivity contribution in [3.05, 3.63) is 36.4 Å². The third-order valence-electron chi connectivity index (χ3n) is 2.53. The zero-order chi connectivity index (χ0) is 9.54. The topological polar surface area (TPSA) is 12.0 Å². The highest BCUT2D eigenvalue weighted by molar-refractivity contribution is 8.00. The van der Waals surface area contributed by atoms with Crippen LogP contribution >= 0.6 is 11.8 Å². The van der Waals surface area contributed by atoms with Gasteiger partial charge in [0.25, 0.3) is 0 Å². The Hall–Kier alpha value is -1.15. The molecule has 0 aromatic heterocycles. The van der Waals surface area contributed by atoms with Crippen molar-refractivity contribution >= 4 is 28.2 Å². The molecule has 2 heteroatoms. The molecular formula is C12H11NS. The summed E-state index contributed by atoms with van der Waals surface area (Å²) in [6, 6.07) is 12.9. The Balaban J connectivity index is 2.33. The van der Waals surface area contributed by atoms with Crippen molar-refractivity contribution in [1.82, 2.24) is 0 Å². The monoisotopic (exact) mass is 201 g/mol. The highest BCUT2D eigenvalue weighted by Crippen LogP contribution is 2.42. The maximum absolute atomic E-state index is 3.45. The van der Waals surface area contributed by atoms with Crippen LogP contribution in [0.25, 0.3) is 10.8 Å². The van der Waals surface area contributed by atoms with E-state index in [1.165, 1.54) is 21.4 Å². The second-order valence-corrected chi connectivity index (χ2v) is 4.92. The molecular weight excluding hydrogens is 190 g/mol. The van der Waals surface area contributed by atoms with Crippen LogP contribution in [0.5, 0.6) is 0 Å². The zero-order valence-electron chi connectivity index (χ0n) is 7.95. The smallest absolute Gasteiger partial charge is 0.0741 e. The summed E-state index contributed by atoms with van der Waals surface area (Å²) in [7, 11) is 0. The predicted octanol–water partition coefficient (Wildman–Crippen LogP) is 3.70. The van der Waals surface area contributed by atoms with Gasteiger partial charge in [0.05, 0.1) is 5.37 Å². The summed E-state index contributed by atoms with van der Waals surface area (Å²) < 4.78 is 0. The molecule has 0 fully saturated rings. The van der Waals surface area contributed by atoms with Crippen LogP contribution in [0.4, 0.5) is 5.69 Å². The lowest BCUT2D eigenvalue weighted by atomic mass is 10.1. The van der Waals surface area contributed by atoms with Crippen molar-refractivity contribution < 1.29 is 0 Å². The van der Waals surface area contributed by atoms with Crippen molar-refractivity contribution in [3.63, 3.8) is 0 Å². The van der Waals surface area contributed by atoms with Gasteiger partial charge in [0.1, 0.15) is 0 Å². The van der Waals surface area contributed by atoms with Crippen molar-refractivity contribution in [2.45, 2.75) is 17.2 Å². The lowest BCUT2D eigenvalue weighted by molar-refractivity contribution is 1.15. The van der Waals surface area contributed by atoms with Gasteiger partial charge in [-0.25, -0.2) is 0 Å². The molecule has 1 atom stereocenters. The first kappa shape index (κ1) is 8.18. The van der Waals surface area contributed by atoms with Gasteiger partial charge in [-0.1, -0.05) is 42.1 Å². The van der Waals surface area contributed by atoms with Crippen LogP contribution < -0.4 is 5.32 Å². The summed E-state index contributed by atoms with van der Waals surface area (Å²) in [6.07, 6.45) is 0. The summed E-state index contributed by atoms with van der Waals surface area (Å²) in [5.41, 5.74) is 1.28. The van der Waals surface area contributed by atoms with Crippen molar-refractivity contribution in [1.29, 1.82) is 0 Å². The molecule has 14 heavy (non-hydrogen) atoms. The van der Waals surface area contributed by atoms with Crippen LogP contribution in [-0.2, 0) is 0 Å². The third-order valence-corrected chi connectivity index (χ3v) is 3.68. The van der Waals surface area contributed by atoms with Gasteiger partial charge >= 0.3 is 0 Å². The number of hydrogen-bond acceptors (Lipinski definition) is 2. The average Bonchev–Trinajstić information content (AvgIpc) is 2.59. The second kappa shape index (κ2) is 2.92. The molecule has 2 aromatic carbocycles. The quantitative estimate of drug-likeness (QED) is 0.697. The van der Waals surface area contributed by atoms with Crippen molar-refractivity contribution in [2.24, 2.45) is 0 Å². The molecule has 0 bridgehead atoms. The Labute approximate surface area is 87.5 Å². The minimum absolute atomic E-state index is 0.496. The average molecular weight is 201 g/mol. The number of benzene rings is 2. The molecule has 0 saturated heterocycles. The van der Waals surface area contributed by atoms with Gasteiger partial charge in [-0.15, -0.1) is 0 Å². The van der Waals surface area contributed by atoms with E-state index in [1.54, 1.807) is 0 Å². The standard InChI is InChI=1S/C12H11NS/c1-8-13-11-7-6-9-4-2-3-5-10(9)12(11)14-8/h2-8,13H,1H3. The first-order valence-electron chi connectivity index (χ1n) is 4.79. The van der Waals surface area contributed by atoms with Gasteiger partial charge in [-0.3, -0.25) is 0 Å². The molecule has 1 nitrogen and oxygen atoms in total. The fourth-order valence-corrected chi connectivity index (χ4v) is 3.02. The number of hydrogen-bond donors (Lipinski definition) is 1. The Morgan fingerprint density at radius 3 is 2.93 bits per heavy atom. The minimum atomic E-state index is 0.496. The minimum Gasteiger partial charge on any atom is -0.372 e. The van der Waals surface area contributed by atoms with Gasteiger partial charge in [0, 0.05) is 10.6 Å². The highest BCUT2D eigenvalue weighted by atomic mass is 32.2. The molecule has 0 radical (unpaired) electrons. The molecule has 1 heterocycles.